The molecule has 0 aliphatic heterocycles. The first kappa shape index (κ1) is 14.5. The smallest absolute Gasteiger partial charge is 0.112 e. The van der Waals surface area contributed by atoms with E-state index >= 15 is 0 Å². The highest BCUT2D eigenvalue weighted by atomic mass is 16.3. The highest BCUT2D eigenvalue weighted by Crippen LogP contribution is 2.34. The van der Waals surface area contributed by atoms with Gasteiger partial charge in [0.2, 0.25) is 0 Å². The van der Waals surface area contributed by atoms with Crippen LogP contribution in [-0.2, 0) is 13.0 Å². The van der Waals surface area contributed by atoms with Gasteiger partial charge in [-0.15, -0.1) is 0 Å². The molecule has 1 fully saturated rings. The molecule has 4 nitrogen and oxygen atoms in total. The molecule has 21 heavy (non-hydrogen) atoms. The Morgan fingerprint density at radius 1 is 1.29 bits per heavy atom. The van der Waals surface area contributed by atoms with E-state index in [4.69, 9.17) is 0 Å². The molecule has 1 aromatic carbocycles. The summed E-state index contributed by atoms with van der Waals surface area (Å²) in [7, 11) is 0. The second-order valence-electron chi connectivity index (χ2n) is 6.20. The van der Waals surface area contributed by atoms with Crippen LogP contribution in [0.2, 0.25) is 0 Å². The molecule has 0 bridgehead atoms. The molecule has 0 radical (unpaired) electrons. The molecule has 1 saturated carbocycles. The summed E-state index contributed by atoms with van der Waals surface area (Å²) in [6, 6.07) is 8.07. The van der Waals surface area contributed by atoms with E-state index in [0.29, 0.717) is 19.3 Å². The number of aliphatic hydroxyl groups is 2. The number of fused-ring (bicyclic) bond motifs is 1. The summed E-state index contributed by atoms with van der Waals surface area (Å²) in [4.78, 5) is 4.67. The Hall–Kier alpha value is -1.39. The van der Waals surface area contributed by atoms with Crippen LogP contribution in [0.25, 0.3) is 11.0 Å². The molecule has 3 rings (SSSR count). The molecule has 0 saturated heterocycles. The van der Waals surface area contributed by atoms with E-state index in [1.54, 1.807) is 0 Å². The third-order valence-corrected chi connectivity index (χ3v) is 4.65. The van der Waals surface area contributed by atoms with Crippen LogP contribution in [0.1, 0.15) is 44.9 Å². The Labute approximate surface area is 125 Å². The van der Waals surface area contributed by atoms with Crippen molar-refractivity contribution in [2.24, 2.45) is 0 Å². The van der Waals surface area contributed by atoms with Gasteiger partial charge in [-0.3, -0.25) is 0 Å². The Bertz CT molecular complexity index is 614. The lowest BCUT2D eigenvalue weighted by Crippen LogP contribution is -2.41. The quantitative estimate of drug-likeness (QED) is 0.889. The van der Waals surface area contributed by atoms with E-state index in [-0.39, 0.29) is 0 Å². The topological polar surface area (TPSA) is 58.3 Å². The molecule has 0 spiro atoms. The van der Waals surface area contributed by atoms with E-state index in [9.17, 15) is 10.2 Å². The van der Waals surface area contributed by atoms with Crippen molar-refractivity contribution in [1.82, 2.24) is 9.55 Å². The van der Waals surface area contributed by atoms with Crippen LogP contribution in [0.3, 0.4) is 0 Å². The minimum absolute atomic E-state index is 0.422. The molecule has 1 aliphatic carbocycles. The van der Waals surface area contributed by atoms with Gasteiger partial charge in [-0.05, 0) is 31.4 Å². The van der Waals surface area contributed by atoms with Gasteiger partial charge in [-0.25, -0.2) is 4.98 Å². The number of hydrogen-bond donors (Lipinski definition) is 2. The summed E-state index contributed by atoms with van der Waals surface area (Å²) in [5.74, 6) is 0.880. The van der Waals surface area contributed by atoms with Crippen molar-refractivity contribution in [3.05, 3.63) is 30.1 Å². The number of nitrogens with zero attached hydrogens (tertiary/aromatic N) is 2. The second kappa shape index (κ2) is 5.78. The fourth-order valence-corrected chi connectivity index (χ4v) is 3.44. The number of hydrogen-bond acceptors (Lipinski definition) is 3. The summed E-state index contributed by atoms with van der Waals surface area (Å²) in [5, 5.41) is 21.0. The Balaban J connectivity index is 1.90. The molecule has 1 aromatic heterocycles. The molecule has 2 N–H and O–H groups in total. The van der Waals surface area contributed by atoms with Gasteiger partial charge in [0.15, 0.2) is 0 Å². The minimum Gasteiger partial charge on any atom is -0.390 e. The predicted octanol–water partition coefficient (Wildman–Crippen LogP) is 2.65. The third-order valence-electron chi connectivity index (χ3n) is 4.65. The molecule has 114 valence electrons. The molecule has 1 atom stereocenters. The largest absolute Gasteiger partial charge is 0.390 e. The van der Waals surface area contributed by atoms with Crippen molar-refractivity contribution in [2.45, 2.75) is 63.7 Å². The molecular formula is C17H24N2O2. The van der Waals surface area contributed by atoms with Crippen molar-refractivity contribution >= 4 is 11.0 Å². The van der Waals surface area contributed by atoms with E-state index in [1.807, 2.05) is 18.2 Å². The molecule has 1 heterocycles. The van der Waals surface area contributed by atoms with Crippen molar-refractivity contribution < 1.29 is 10.2 Å². The van der Waals surface area contributed by atoms with E-state index in [0.717, 1.165) is 42.7 Å². The van der Waals surface area contributed by atoms with Crippen LogP contribution in [-0.4, -0.2) is 31.5 Å². The summed E-state index contributed by atoms with van der Waals surface area (Å²) in [6.07, 6.45) is 4.11. The number of benzene rings is 1. The van der Waals surface area contributed by atoms with Crippen LogP contribution < -0.4 is 0 Å². The zero-order valence-corrected chi connectivity index (χ0v) is 12.6. The lowest BCUT2D eigenvalue weighted by atomic mass is 9.92. The first-order valence-corrected chi connectivity index (χ1v) is 7.98. The third kappa shape index (κ3) is 2.70. The minimum atomic E-state index is -0.921. The Morgan fingerprint density at radius 2 is 2.00 bits per heavy atom. The maximum Gasteiger partial charge on any atom is 0.112 e. The fourth-order valence-electron chi connectivity index (χ4n) is 3.44. The van der Waals surface area contributed by atoms with Crippen LogP contribution >= 0.6 is 0 Å². The van der Waals surface area contributed by atoms with Gasteiger partial charge in [0.05, 0.1) is 22.7 Å². The molecule has 4 heteroatoms. The number of rotatable bonds is 5. The Morgan fingerprint density at radius 3 is 2.71 bits per heavy atom. The zero-order chi connectivity index (χ0) is 14.9. The van der Waals surface area contributed by atoms with Crippen LogP contribution in [0.15, 0.2) is 24.3 Å². The van der Waals surface area contributed by atoms with E-state index in [2.05, 4.69) is 22.5 Å². The van der Waals surface area contributed by atoms with Crippen molar-refractivity contribution in [3.63, 3.8) is 0 Å². The predicted molar refractivity (Wildman–Crippen MR) is 83.2 cm³/mol. The average Bonchev–Trinajstić information content (AvgIpc) is 3.06. The van der Waals surface area contributed by atoms with Crippen molar-refractivity contribution in [2.75, 3.05) is 0 Å². The monoisotopic (exact) mass is 288 g/mol. The molecular weight excluding hydrogens is 264 g/mol. The molecule has 0 amide bonds. The zero-order valence-electron chi connectivity index (χ0n) is 12.6. The molecule has 1 aliphatic rings. The summed E-state index contributed by atoms with van der Waals surface area (Å²) in [6.45, 7) is 3.03. The SMILES string of the molecule is CCCn1c(CC(O)C2(O)CCCC2)nc2ccccc21. The first-order valence-electron chi connectivity index (χ1n) is 7.98. The van der Waals surface area contributed by atoms with Crippen LogP contribution in [0.4, 0.5) is 0 Å². The van der Waals surface area contributed by atoms with Crippen molar-refractivity contribution in [3.8, 4) is 0 Å². The molecule has 1 unspecified atom stereocenters. The van der Waals surface area contributed by atoms with Gasteiger partial charge in [-0.2, -0.15) is 0 Å². The highest BCUT2D eigenvalue weighted by Gasteiger charge is 2.39. The number of para-hydroxylation sites is 2. The number of imidazole rings is 1. The highest BCUT2D eigenvalue weighted by molar-refractivity contribution is 5.75. The molecule has 2 aromatic rings. The van der Waals surface area contributed by atoms with Crippen LogP contribution in [0, 0.1) is 0 Å². The van der Waals surface area contributed by atoms with Gasteiger partial charge in [0, 0.05) is 13.0 Å². The van der Waals surface area contributed by atoms with Gasteiger partial charge in [-0.1, -0.05) is 31.9 Å². The maximum absolute atomic E-state index is 10.5. The number of aromatic nitrogens is 2. The second-order valence-corrected chi connectivity index (χ2v) is 6.20. The summed E-state index contributed by atoms with van der Waals surface area (Å²) < 4.78 is 2.18. The van der Waals surface area contributed by atoms with Crippen molar-refractivity contribution in [1.29, 1.82) is 0 Å². The first-order chi connectivity index (χ1) is 10.1. The van der Waals surface area contributed by atoms with Gasteiger partial charge >= 0.3 is 0 Å². The Kier molecular flexibility index (Phi) is 4.00. The standard InChI is InChI=1S/C17H24N2O2/c1-2-11-19-14-8-4-3-7-13(14)18-16(19)12-15(20)17(21)9-5-6-10-17/h3-4,7-8,15,20-21H,2,5-6,9-12H2,1H3. The summed E-state index contributed by atoms with van der Waals surface area (Å²) >= 11 is 0. The van der Waals surface area contributed by atoms with E-state index in [1.165, 1.54) is 0 Å². The maximum atomic E-state index is 10.5. The number of aryl methyl sites for hydroxylation is 1. The fraction of sp³-hybridized carbons (Fsp3) is 0.588. The number of aliphatic hydroxyl groups excluding tert-OH is 1. The normalized spacial score (nSPS) is 19.2. The lowest BCUT2D eigenvalue weighted by Gasteiger charge is -2.28. The van der Waals surface area contributed by atoms with E-state index < -0.39 is 11.7 Å². The van der Waals surface area contributed by atoms with Gasteiger partial charge < -0.3 is 14.8 Å². The summed E-state index contributed by atoms with van der Waals surface area (Å²) in [5.41, 5.74) is 1.15. The van der Waals surface area contributed by atoms with Gasteiger partial charge in [0.1, 0.15) is 5.82 Å². The van der Waals surface area contributed by atoms with Crippen LogP contribution in [0.5, 0.6) is 0 Å². The average molecular weight is 288 g/mol. The lowest BCUT2D eigenvalue weighted by molar-refractivity contribution is -0.0699. The van der Waals surface area contributed by atoms with Gasteiger partial charge in [0.25, 0.3) is 0 Å².